The number of hydrogen-bond acceptors (Lipinski definition) is 1. The summed E-state index contributed by atoms with van der Waals surface area (Å²) in [7, 11) is 0. The van der Waals surface area contributed by atoms with Gasteiger partial charge in [0.2, 0.25) is 0 Å². The van der Waals surface area contributed by atoms with Gasteiger partial charge in [-0.1, -0.05) is 55.5 Å². The summed E-state index contributed by atoms with van der Waals surface area (Å²) < 4.78 is 14.1. The molecule has 0 aliphatic rings. The van der Waals surface area contributed by atoms with Crippen LogP contribution in [-0.4, -0.2) is 6.54 Å². The van der Waals surface area contributed by atoms with Crippen LogP contribution in [0, 0.1) is 5.82 Å². The molecule has 0 aliphatic heterocycles. The highest BCUT2D eigenvalue weighted by Gasteiger charge is 2.11. The second-order valence-electron chi connectivity index (χ2n) is 5.55. The van der Waals surface area contributed by atoms with Crippen molar-refractivity contribution in [1.29, 1.82) is 0 Å². The number of anilines is 1. The Kier molecular flexibility index (Phi) is 4.38. The molecule has 3 rings (SSSR count). The first-order valence-electron chi connectivity index (χ1n) is 7.75. The van der Waals surface area contributed by atoms with E-state index in [1.165, 1.54) is 22.4 Å². The van der Waals surface area contributed by atoms with Gasteiger partial charge < -0.3 is 4.90 Å². The Labute approximate surface area is 131 Å². The Bertz CT molecular complexity index is 766. The molecule has 0 fully saturated rings. The van der Waals surface area contributed by atoms with Crippen LogP contribution >= 0.6 is 0 Å². The SMILES string of the molecule is CCCN(Cc1ccc2ccccc2c1)c1ccccc1F. The number of hydrogen-bond donors (Lipinski definition) is 0. The molecule has 0 N–H and O–H groups in total. The molecule has 0 aliphatic carbocycles. The Morgan fingerprint density at radius 2 is 1.59 bits per heavy atom. The summed E-state index contributed by atoms with van der Waals surface area (Å²) in [4.78, 5) is 2.11. The van der Waals surface area contributed by atoms with Gasteiger partial charge in [-0.3, -0.25) is 0 Å². The Hall–Kier alpha value is -2.35. The van der Waals surface area contributed by atoms with Gasteiger partial charge in [0.15, 0.2) is 0 Å². The molecule has 0 unspecified atom stereocenters. The van der Waals surface area contributed by atoms with Crippen molar-refractivity contribution in [2.24, 2.45) is 0 Å². The maximum Gasteiger partial charge on any atom is 0.146 e. The summed E-state index contributed by atoms with van der Waals surface area (Å²) in [6.45, 7) is 3.68. The third kappa shape index (κ3) is 3.11. The number of benzene rings is 3. The molecule has 2 heteroatoms. The monoisotopic (exact) mass is 293 g/mol. The maximum absolute atomic E-state index is 14.1. The van der Waals surface area contributed by atoms with Crippen molar-refractivity contribution in [3.63, 3.8) is 0 Å². The molecule has 22 heavy (non-hydrogen) atoms. The van der Waals surface area contributed by atoms with Gasteiger partial charge in [0, 0.05) is 13.1 Å². The molecule has 0 amide bonds. The summed E-state index contributed by atoms with van der Waals surface area (Å²) >= 11 is 0. The molecule has 3 aromatic rings. The van der Waals surface area contributed by atoms with Crippen molar-refractivity contribution in [1.82, 2.24) is 0 Å². The fraction of sp³-hybridized carbons (Fsp3) is 0.200. The van der Waals surface area contributed by atoms with E-state index >= 15 is 0 Å². The zero-order valence-electron chi connectivity index (χ0n) is 12.8. The smallest absolute Gasteiger partial charge is 0.146 e. The Morgan fingerprint density at radius 3 is 2.36 bits per heavy atom. The molecule has 0 radical (unpaired) electrons. The average molecular weight is 293 g/mol. The standard InChI is InChI=1S/C20H20FN/c1-2-13-22(20-10-6-5-9-19(20)21)15-16-11-12-17-7-3-4-8-18(17)14-16/h3-12,14H,2,13,15H2,1H3. The van der Waals surface area contributed by atoms with E-state index in [1.54, 1.807) is 6.07 Å². The van der Waals surface area contributed by atoms with Crippen molar-refractivity contribution in [3.8, 4) is 0 Å². The highest BCUT2D eigenvalue weighted by atomic mass is 19.1. The molecular formula is C20H20FN. The van der Waals surface area contributed by atoms with Crippen LogP contribution in [0.4, 0.5) is 10.1 Å². The van der Waals surface area contributed by atoms with Gasteiger partial charge in [0.05, 0.1) is 5.69 Å². The predicted molar refractivity (Wildman–Crippen MR) is 91.7 cm³/mol. The van der Waals surface area contributed by atoms with Crippen molar-refractivity contribution >= 4 is 16.5 Å². The van der Waals surface area contributed by atoms with E-state index in [2.05, 4.69) is 42.2 Å². The van der Waals surface area contributed by atoms with E-state index < -0.39 is 0 Å². The molecule has 0 bridgehead atoms. The van der Waals surface area contributed by atoms with Gasteiger partial charge in [0.25, 0.3) is 0 Å². The second kappa shape index (κ2) is 6.61. The lowest BCUT2D eigenvalue weighted by molar-refractivity contribution is 0.614. The summed E-state index contributed by atoms with van der Waals surface area (Å²) in [5.74, 6) is -0.156. The van der Waals surface area contributed by atoms with Crippen LogP contribution < -0.4 is 4.90 Å². The minimum Gasteiger partial charge on any atom is -0.365 e. The summed E-state index contributed by atoms with van der Waals surface area (Å²) in [5, 5.41) is 2.46. The number of nitrogens with zero attached hydrogens (tertiary/aromatic N) is 1. The van der Waals surface area contributed by atoms with Crippen LogP contribution in [0.25, 0.3) is 10.8 Å². The lowest BCUT2D eigenvalue weighted by Gasteiger charge is -2.25. The van der Waals surface area contributed by atoms with Crippen LogP contribution in [-0.2, 0) is 6.54 Å². The van der Waals surface area contributed by atoms with Crippen LogP contribution in [0.1, 0.15) is 18.9 Å². The molecule has 3 aromatic carbocycles. The van der Waals surface area contributed by atoms with Gasteiger partial charge in [-0.05, 0) is 41.0 Å². The van der Waals surface area contributed by atoms with E-state index in [-0.39, 0.29) is 5.82 Å². The zero-order chi connectivity index (χ0) is 15.4. The third-order valence-corrected chi connectivity index (χ3v) is 3.87. The number of halogens is 1. The largest absolute Gasteiger partial charge is 0.365 e. The molecule has 0 atom stereocenters. The first-order chi connectivity index (χ1) is 10.8. The Balaban J connectivity index is 1.90. The quantitative estimate of drug-likeness (QED) is 0.609. The summed E-state index contributed by atoms with van der Waals surface area (Å²) in [5.41, 5.74) is 1.88. The summed E-state index contributed by atoms with van der Waals surface area (Å²) in [6.07, 6.45) is 0.988. The van der Waals surface area contributed by atoms with E-state index in [4.69, 9.17) is 0 Å². The topological polar surface area (TPSA) is 3.24 Å². The van der Waals surface area contributed by atoms with Crippen LogP contribution in [0.2, 0.25) is 0 Å². The van der Waals surface area contributed by atoms with Crippen molar-refractivity contribution in [2.75, 3.05) is 11.4 Å². The normalized spacial score (nSPS) is 10.8. The third-order valence-electron chi connectivity index (χ3n) is 3.87. The van der Waals surface area contributed by atoms with E-state index in [1.807, 2.05) is 24.3 Å². The van der Waals surface area contributed by atoms with Crippen LogP contribution in [0.5, 0.6) is 0 Å². The molecule has 112 valence electrons. The molecule has 1 nitrogen and oxygen atoms in total. The van der Waals surface area contributed by atoms with Gasteiger partial charge in [-0.25, -0.2) is 4.39 Å². The van der Waals surface area contributed by atoms with Crippen LogP contribution in [0.3, 0.4) is 0 Å². The van der Waals surface area contributed by atoms with Crippen molar-refractivity contribution < 1.29 is 4.39 Å². The first kappa shape index (κ1) is 14.6. The van der Waals surface area contributed by atoms with Gasteiger partial charge in [-0.2, -0.15) is 0 Å². The molecule has 0 aromatic heterocycles. The first-order valence-corrected chi connectivity index (χ1v) is 7.75. The predicted octanol–water partition coefficient (Wildman–Crippen LogP) is 5.40. The van der Waals surface area contributed by atoms with Crippen molar-refractivity contribution in [2.45, 2.75) is 19.9 Å². The minimum absolute atomic E-state index is 0.156. The molecule has 0 saturated heterocycles. The molecular weight excluding hydrogens is 273 g/mol. The number of rotatable bonds is 5. The van der Waals surface area contributed by atoms with Gasteiger partial charge in [0.1, 0.15) is 5.82 Å². The van der Waals surface area contributed by atoms with Gasteiger partial charge >= 0.3 is 0 Å². The van der Waals surface area contributed by atoms with Gasteiger partial charge in [-0.15, -0.1) is 0 Å². The summed E-state index contributed by atoms with van der Waals surface area (Å²) in [6, 6.07) is 21.8. The lowest BCUT2D eigenvalue weighted by atomic mass is 10.1. The Morgan fingerprint density at radius 1 is 0.864 bits per heavy atom. The maximum atomic E-state index is 14.1. The highest BCUT2D eigenvalue weighted by molar-refractivity contribution is 5.83. The lowest BCUT2D eigenvalue weighted by Crippen LogP contribution is -2.24. The van der Waals surface area contributed by atoms with E-state index in [9.17, 15) is 4.39 Å². The van der Waals surface area contributed by atoms with E-state index in [0.29, 0.717) is 5.69 Å². The zero-order valence-corrected chi connectivity index (χ0v) is 12.8. The second-order valence-corrected chi connectivity index (χ2v) is 5.55. The fourth-order valence-corrected chi connectivity index (χ4v) is 2.82. The van der Waals surface area contributed by atoms with E-state index in [0.717, 1.165) is 19.5 Å². The molecule has 0 saturated carbocycles. The molecule has 0 spiro atoms. The fourth-order valence-electron chi connectivity index (χ4n) is 2.82. The number of para-hydroxylation sites is 1. The van der Waals surface area contributed by atoms with Crippen molar-refractivity contribution in [3.05, 3.63) is 78.1 Å². The highest BCUT2D eigenvalue weighted by Crippen LogP contribution is 2.23. The average Bonchev–Trinajstić information content (AvgIpc) is 2.55. The van der Waals surface area contributed by atoms with Crippen LogP contribution in [0.15, 0.2) is 66.7 Å². The number of fused-ring (bicyclic) bond motifs is 1. The minimum atomic E-state index is -0.156. The molecule has 0 heterocycles.